The molecule has 1 amide bonds. The number of nitriles is 1. The molecule has 48 heavy (non-hydrogen) atoms. The highest BCUT2D eigenvalue weighted by atomic mass is 32.2. The van der Waals surface area contributed by atoms with Gasteiger partial charge >= 0.3 is 5.97 Å². The summed E-state index contributed by atoms with van der Waals surface area (Å²) in [6.07, 6.45) is 11.7. The number of thioether (sulfide) groups is 1. The minimum absolute atomic E-state index is 0.119. The van der Waals surface area contributed by atoms with Crippen LogP contribution in [0.3, 0.4) is 0 Å². The summed E-state index contributed by atoms with van der Waals surface area (Å²) in [7, 11) is 0. The summed E-state index contributed by atoms with van der Waals surface area (Å²) in [4.78, 5) is 44.9. The van der Waals surface area contributed by atoms with E-state index in [1.807, 2.05) is 19.1 Å². The number of carboxylic acids is 1. The number of unbranched alkanes of at least 4 members (excludes halogenated alkanes) is 8. The largest absolute Gasteiger partial charge is 0.481 e. The third-order valence-corrected chi connectivity index (χ3v) is 10.6. The summed E-state index contributed by atoms with van der Waals surface area (Å²) in [6, 6.07) is 12.6. The minimum atomic E-state index is -0.729. The van der Waals surface area contributed by atoms with Crippen molar-refractivity contribution >= 4 is 52.1 Å². The number of aliphatic carboxylic acids is 1. The molecule has 0 aliphatic carbocycles. The van der Waals surface area contributed by atoms with Crippen molar-refractivity contribution in [1.29, 1.82) is 5.26 Å². The highest BCUT2D eigenvalue weighted by Gasteiger charge is 2.33. The molecule has 3 heterocycles. The van der Waals surface area contributed by atoms with Gasteiger partial charge in [0.05, 0.1) is 4.91 Å². The smallest absolute Gasteiger partial charge is 0.303 e. The first-order valence-corrected chi connectivity index (χ1v) is 18.6. The lowest BCUT2D eigenvalue weighted by Gasteiger charge is -2.38. The highest BCUT2D eigenvalue weighted by molar-refractivity contribution is 8.26. The van der Waals surface area contributed by atoms with Crippen LogP contribution in [0.4, 0.5) is 5.82 Å². The van der Waals surface area contributed by atoms with Gasteiger partial charge in [0.2, 0.25) is 0 Å². The monoisotopic (exact) mass is 691 g/mol. The number of pyridine rings is 1. The number of anilines is 1. The molecule has 11 heteroatoms. The van der Waals surface area contributed by atoms with Crippen LogP contribution in [-0.2, 0) is 22.7 Å². The molecule has 0 unspecified atom stereocenters. The van der Waals surface area contributed by atoms with Gasteiger partial charge in [-0.15, -0.1) is 0 Å². The van der Waals surface area contributed by atoms with E-state index in [-0.39, 0.29) is 23.5 Å². The second-order valence-electron chi connectivity index (χ2n) is 12.7. The van der Waals surface area contributed by atoms with Gasteiger partial charge in [0.15, 0.2) is 0 Å². The van der Waals surface area contributed by atoms with Crippen LogP contribution in [0, 0.1) is 18.3 Å². The van der Waals surface area contributed by atoms with E-state index in [0.717, 1.165) is 108 Å². The Kier molecular flexibility index (Phi) is 14.7. The van der Waals surface area contributed by atoms with Crippen molar-refractivity contribution in [1.82, 2.24) is 14.4 Å². The van der Waals surface area contributed by atoms with Crippen LogP contribution >= 0.6 is 24.0 Å². The predicted octanol–water partition coefficient (Wildman–Crippen LogP) is 6.95. The molecule has 2 saturated heterocycles. The van der Waals surface area contributed by atoms with E-state index in [0.29, 0.717) is 27.9 Å². The molecule has 9 nitrogen and oxygen atoms in total. The van der Waals surface area contributed by atoms with Gasteiger partial charge in [-0.05, 0) is 43.4 Å². The average molecular weight is 692 g/mol. The van der Waals surface area contributed by atoms with E-state index in [1.165, 1.54) is 17.3 Å². The molecule has 1 aromatic heterocycles. The maximum Gasteiger partial charge on any atom is 0.303 e. The number of piperazine rings is 1. The quantitative estimate of drug-likeness (QED) is 0.101. The van der Waals surface area contributed by atoms with E-state index in [2.05, 4.69) is 47.1 Å². The third-order valence-electron chi connectivity index (χ3n) is 9.17. The SMILES string of the molecule is CCCCn1c(N2CCN(Cc3ccccc3)CC2)c(C=C2SC(=S)N(CCCCCCCCCCC(=O)O)C2=O)c(C)c(C#N)c1=O. The zero-order valence-corrected chi connectivity index (χ0v) is 30.0. The first kappa shape index (κ1) is 37.4. The summed E-state index contributed by atoms with van der Waals surface area (Å²) in [5, 5.41) is 18.8. The molecule has 0 atom stereocenters. The fourth-order valence-electron chi connectivity index (χ4n) is 6.40. The molecule has 0 saturated carbocycles. The normalized spacial score (nSPS) is 16.2. The van der Waals surface area contributed by atoms with Crippen molar-refractivity contribution in [3.63, 3.8) is 0 Å². The number of aromatic nitrogens is 1. The van der Waals surface area contributed by atoms with E-state index in [9.17, 15) is 19.6 Å². The summed E-state index contributed by atoms with van der Waals surface area (Å²) in [5.41, 5.74) is 2.48. The maximum absolute atomic E-state index is 13.7. The zero-order valence-electron chi connectivity index (χ0n) is 28.4. The second kappa shape index (κ2) is 18.9. The van der Waals surface area contributed by atoms with Gasteiger partial charge in [-0.3, -0.25) is 28.8 Å². The molecule has 1 N–H and O–H groups in total. The van der Waals surface area contributed by atoms with Crippen LogP contribution in [0.1, 0.15) is 99.8 Å². The molecule has 2 aliphatic heterocycles. The molecule has 0 radical (unpaired) electrons. The van der Waals surface area contributed by atoms with Gasteiger partial charge < -0.3 is 10.0 Å². The second-order valence-corrected chi connectivity index (χ2v) is 14.4. The van der Waals surface area contributed by atoms with Crippen LogP contribution in [-0.4, -0.2) is 68.4 Å². The van der Waals surface area contributed by atoms with Crippen molar-refractivity contribution in [2.24, 2.45) is 0 Å². The van der Waals surface area contributed by atoms with E-state index >= 15 is 0 Å². The number of benzene rings is 1. The predicted molar refractivity (Wildman–Crippen MR) is 198 cm³/mol. The molecule has 0 spiro atoms. The Hall–Kier alpha value is -3.46. The first-order valence-electron chi connectivity index (χ1n) is 17.4. The molecule has 2 aliphatic rings. The molecular formula is C37H49N5O4S2. The number of thiocarbonyl (C=S) groups is 1. The number of amides is 1. The number of carboxylic acid groups (broad SMARTS) is 1. The fraction of sp³-hybridized carbons (Fsp3) is 0.541. The molecule has 258 valence electrons. The minimum Gasteiger partial charge on any atom is -0.481 e. The van der Waals surface area contributed by atoms with Crippen molar-refractivity contribution in [3.8, 4) is 6.07 Å². The summed E-state index contributed by atoms with van der Waals surface area (Å²) < 4.78 is 2.30. The number of carbonyl (C=O) groups is 2. The van der Waals surface area contributed by atoms with Crippen LogP contribution in [0.15, 0.2) is 40.0 Å². The Bertz CT molecular complexity index is 1560. The van der Waals surface area contributed by atoms with Gasteiger partial charge in [-0.25, -0.2) is 0 Å². The average Bonchev–Trinajstić information content (AvgIpc) is 3.34. The Balaban J connectivity index is 1.48. The van der Waals surface area contributed by atoms with Gasteiger partial charge in [0.1, 0.15) is 21.8 Å². The van der Waals surface area contributed by atoms with Gasteiger partial charge in [-0.1, -0.05) is 106 Å². The lowest BCUT2D eigenvalue weighted by Crippen LogP contribution is -2.48. The van der Waals surface area contributed by atoms with Crippen LogP contribution in [0.5, 0.6) is 0 Å². The molecule has 4 rings (SSSR count). The Morgan fingerprint density at radius 3 is 2.23 bits per heavy atom. The number of hydrogen-bond acceptors (Lipinski definition) is 8. The number of hydrogen-bond donors (Lipinski definition) is 1. The third kappa shape index (κ3) is 10.0. The highest BCUT2D eigenvalue weighted by Crippen LogP contribution is 2.36. The van der Waals surface area contributed by atoms with Crippen molar-refractivity contribution in [2.45, 2.75) is 97.6 Å². The number of carbonyl (C=O) groups excluding carboxylic acids is 1. The van der Waals surface area contributed by atoms with E-state index in [4.69, 9.17) is 17.3 Å². The van der Waals surface area contributed by atoms with Crippen LogP contribution < -0.4 is 10.5 Å². The summed E-state index contributed by atoms with van der Waals surface area (Å²) in [6.45, 7) is 8.98. The van der Waals surface area contributed by atoms with E-state index in [1.54, 1.807) is 9.47 Å². The van der Waals surface area contributed by atoms with Gasteiger partial charge in [0, 0.05) is 57.8 Å². The molecule has 0 bridgehead atoms. The Labute approximate surface area is 294 Å². The summed E-state index contributed by atoms with van der Waals surface area (Å²) in [5.74, 6) is -0.0592. The van der Waals surface area contributed by atoms with Crippen molar-refractivity contribution in [3.05, 3.63) is 67.8 Å². The topological polar surface area (TPSA) is 110 Å². The zero-order chi connectivity index (χ0) is 34.5. The maximum atomic E-state index is 13.7. The van der Waals surface area contributed by atoms with Gasteiger partial charge in [-0.2, -0.15) is 5.26 Å². The molecular weight excluding hydrogens is 643 g/mol. The molecule has 2 fully saturated rings. The Morgan fingerprint density at radius 1 is 0.958 bits per heavy atom. The first-order chi connectivity index (χ1) is 23.2. The molecule has 1 aromatic carbocycles. The van der Waals surface area contributed by atoms with E-state index < -0.39 is 5.97 Å². The Morgan fingerprint density at radius 2 is 1.60 bits per heavy atom. The van der Waals surface area contributed by atoms with Gasteiger partial charge in [0.25, 0.3) is 11.5 Å². The number of rotatable bonds is 18. The van der Waals surface area contributed by atoms with Crippen molar-refractivity contribution < 1.29 is 14.7 Å². The lowest BCUT2D eigenvalue weighted by atomic mass is 10.0. The lowest BCUT2D eigenvalue weighted by molar-refractivity contribution is -0.137. The standard InChI is InChI=1S/C37H49N5O4S2/c1-3-4-19-41-34(40-23-21-39(22-24-40)27-29-16-12-11-13-17-29)30(28(2)31(26-38)35(41)45)25-32-36(46)42(37(47)48-32)20-15-10-8-6-5-7-9-14-18-33(43)44/h11-13,16-17,25H,3-10,14-15,18-24,27H2,1-2H3,(H,43,44). The van der Waals surface area contributed by atoms with Crippen LogP contribution in [0.2, 0.25) is 0 Å². The molecule has 2 aromatic rings. The summed E-state index contributed by atoms with van der Waals surface area (Å²) >= 11 is 6.96. The number of nitrogens with zero attached hydrogens (tertiary/aromatic N) is 5. The van der Waals surface area contributed by atoms with Crippen molar-refractivity contribution in [2.75, 3.05) is 37.6 Å². The van der Waals surface area contributed by atoms with Crippen LogP contribution in [0.25, 0.3) is 6.08 Å². The fourth-order valence-corrected chi connectivity index (χ4v) is 7.69.